The molecular formula is C16H18BrNO. The Balaban J connectivity index is 2.39. The van der Waals surface area contributed by atoms with Gasteiger partial charge in [0, 0.05) is 16.6 Å². The minimum Gasteiger partial charge on any atom is -0.456 e. The maximum Gasteiger partial charge on any atom is 0.133 e. The number of hydrogen-bond acceptors (Lipinski definition) is 2. The average Bonchev–Trinajstić information content (AvgIpc) is 2.37. The third kappa shape index (κ3) is 3.37. The molecule has 0 heterocycles. The molecule has 0 aliphatic rings. The summed E-state index contributed by atoms with van der Waals surface area (Å²) in [5.74, 6) is 1.83. The average molecular weight is 320 g/mol. The van der Waals surface area contributed by atoms with Crippen molar-refractivity contribution >= 4 is 15.9 Å². The van der Waals surface area contributed by atoms with Gasteiger partial charge in [-0.3, -0.25) is 0 Å². The maximum absolute atomic E-state index is 6.13. The summed E-state index contributed by atoms with van der Waals surface area (Å²) in [6, 6.07) is 12.3. The van der Waals surface area contributed by atoms with Crippen LogP contribution in [-0.2, 0) is 6.54 Å². The Kier molecular flexibility index (Phi) is 4.61. The van der Waals surface area contributed by atoms with Crippen LogP contribution in [0.25, 0.3) is 0 Å². The molecule has 0 fully saturated rings. The van der Waals surface area contributed by atoms with Crippen molar-refractivity contribution in [3.8, 4) is 11.5 Å². The first-order valence-electron chi connectivity index (χ1n) is 6.29. The molecule has 0 spiro atoms. The van der Waals surface area contributed by atoms with Crippen LogP contribution in [-0.4, -0.2) is 7.05 Å². The molecular weight excluding hydrogens is 302 g/mol. The Bertz CT molecular complexity index is 561. The van der Waals surface area contributed by atoms with Crippen molar-refractivity contribution in [2.24, 2.45) is 0 Å². The van der Waals surface area contributed by atoms with Crippen LogP contribution in [0.2, 0.25) is 0 Å². The highest BCUT2D eigenvalue weighted by Gasteiger charge is 2.09. The van der Waals surface area contributed by atoms with E-state index in [-0.39, 0.29) is 0 Å². The zero-order chi connectivity index (χ0) is 13.8. The number of hydrogen-bond donors (Lipinski definition) is 1. The molecule has 0 aliphatic carbocycles. The molecule has 0 unspecified atom stereocenters. The molecule has 0 aromatic heterocycles. The summed E-state index contributed by atoms with van der Waals surface area (Å²) in [7, 11) is 1.94. The summed E-state index contributed by atoms with van der Waals surface area (Å²) in [5, 5.41) is 3.16. The Morgan fingerprint density at radius 2 is 1.79 bits per heavy atom. The highest BCUT2D eigenvalue weighted by atomic mass is 79.9. The highest BCUT2D eigenvalue weighted by molar-refractivity contribution is 9.10. The Morgan fingerprint density at radius 3 is 2.42 bits per heavy atom. The van der Waals surface area contributed by atoms with Gasteiger partial charge in [-0.1, -0.05) is 40.2 Å². The highest BCUT2D eigenvalue weighted by Crippen LogP contribution is 2.32. The van der Waals surface area contributed by atoms with Gasteiger partial charge in [-0.25, -0.2) is 0 Å². The van der Waals surface area contributed by atoms with Crippen molar-refractivity contribution in [3.05, 3.63) is 57.6 Å². The number of rotatable bonds is 4. The predicted molar refractivity (Wildman–Crippen MR) is 82.9 cm³/mol. The molecule has 2 nitrogen and oxygen atoms in total. The third-order valence-electron chi connectivity index (χ3n) is 3.02. The minimum absolute atomic E-state index is 0.785. The van der Waals surface area contributed by atoms with E-state index in [2.05, 4.69) is 53.3 Å². The summed E-state index contributed by atoms with van der Waals surface area (Å²) in [6.45, 7) is 4.92. The van der Waals surface area contributed by atoms with Gasteiger partial charge < -0.3 is 10.1 Å². The minimum atomic E-state index is 0.785. The second kappa shape index (κ2) is 6.22. The van der Waals surface area contributed by atoms with E-state index >= 15 is 0 Å². The summed E-state index contributed by atoms with van der Waals surface area (Å²) >= 11 is 3.50. The predicted octanol–water partition coefficient (Wildman–Crippen LogP) is 4.58. The monoisotopic (exact) mass is 319 g/mol. The van der Waals surface area contributed by atoms with Crippen molar-refractivity contribution in [2.45, 2.75) is 20.4 Å². The van der Waals surface area contributed by atoms with E-state index in [0.717, 1.165) is 39.2 Å². The number of ether oxygens (including phenoxy) is 1. The lowest BCUT2D eigenvalue weighted by atomic mass is 10.1. The summed E-state index contributed by atoms with van der Waals surface area (Å²) in [4.78, 5) is 0. The number of halogens is 1. The van der Waals surface area contributed by atoms with Crippen LogP contribution in [0.3, 0.4) is 0 Å². The van der Waals surface area contributed by atoms with Crippen molar-refractivity contribution in [1.29, 1.82) is 0 Å². The lowest BCUT2D eigenvalue weighted by molar-refractivity contribution is 0.467. The van der Waals surface area contributed by atoms with E-state index in [1.165, 1.54) is 0 Å². The van der Waals surface area contributed by atoms with Crippen LogP contribution in [0.1, 0.15) is 16.7 Å². The van der Waals surface area contributed by atoms with Crippen LogP contribution >= 0.6 is 15.9 Å². The Labute approximate surface area is 122 Å². The molecule has 0 saturated heterocycles. The van der Waals surface area contributed by atoms with Crippen molar-refractivity contribution in [1.82, 2.24) is 5.32 Å². The first kappa shape index (κ1) is 14.1. The molecule has 2 aromatic rings. The van der Waals surface area contributed by atoms with Gasteiger partial charge in [-0.05, 0) is 44.2 Å². The topological polar surface area (TPSA) is 21.3 Å². The normalized spacial score (nSPS) is 10.5. The van der Waals surface area contributed by atoms with Crippen LogP contribution in [0.4, 0.5) is 0 Å². The number of para-hydroxylation sites is 1. The molecule has 0 saturated carbocycles. The SMILES string of the molecule is CNCc1ccc(Br)cc1Oc1c(C)cccc1C. The van der Waals surface area contributed by atoms with E-state index in [4.69, 9.17) is 4.74 Å². The van der Waals surface area contributed by atoms with Gasteiger partial charge in [-0.15, -0.1) is 0 Å². The fraction of sp³-hybridized carbons (Fsp3) is 0.250. The van der Waals surface area contributed by atoms with Crippen molar-refractivity contribution < 1.29 is 4.74 Å². The Morgan fingerprint density at radius 1 is 1.11 bits per heavy atom. The molecule has 1 N–H and O–H groups in total. The molecule has 2 aromatic carbocycles. The van der Waals surface area contributed by atoms with Gasteiger partial charge >= 0.3 is 0 Å². The molecule has 100 valence electrons. The molecule has 19 heavy (non-hydrogen) atoms. The molecule has 2 rings (SSSR count). The number of benzene rings is 2. The molecule has 0 radical (unpaired) electrons. The van der Waals surface area contributed by atoms with Crippen molar-refractivity contribution in [3.63, 3.8) is 0 Å². The fourth-order valence-electron chi connectivity index (χ4n) is 2.03. The maximum atomic E-state index is 6.13. The van der Waals surface area contributed by atoms with E-state index < -0.39 is 0 Å². The first-order valence-corrected chi connectivity index (χ1v) is 7.08. The lowest BCUT2D eigenvalue weighted by Crippen LogP contribution is -2.06. The van der Waals surface area contributed by atoms with Gasteiger partial charge in [0.15, 0.2) is 0 Å². The van der Waals surface area contributed by atoms with Gasteiger partial charge in [0.25, 0.3) is 0 Å². The van der Waals surface area contributed by atoms with E-state index in [9.17, 15) is 0 Å². The molecule has 0 aliphatic heterocycles. The summed E-state index contributed by atoms with van der Waals surface area (Å²) in [6.07, 6.45) is 0. The second-order valence-corrected chi connectivity index (χ2v) is 5.52. The molecule has 0 bridgehead atoms. The van der Waals surface area contributed by atoms with Gasteiger partial charge in [-0.2, -0.15) is 0 Å². The van der Waals surface area contributed by atoms with E-state index in [0.29, 0.717) is 0 Å². The van der Waals surface area contributed by atoms with E-state index in [1.807, 2.05) is 25.2 Å². The number of nitrogens with one attached hydrogen (secondary N) is 1. The standard InChI is InChI=1S/C16H18BrNO/c1-11-5-4-6-12(2)16(11)19-15-9-14(17)8-7-13(15)10-18-3/h4-9,18H,10H2,1-3H3. The van der Waals surface area contributed by atoms with Crippen LogP contribution in [0, 0.1) is 13.8 Å². The van der Waals surface area contributed by atoms with E-state index in [1.54, 1.807) is 0 Å². The fourth-order valence-corrected chi connectivity index (χ4v) is 2.37. The van der Waals surface area contributed by atoms with Crippen LogP contribution in [0.15, 0.2) is 40.9 Å². The first-order chi connectivity index (χ1) is 9.11. The van der Waals surface area contributed by atoms with Gasteiger partial charge in [0.05, 0.1) is 0 Å². The molecule has 0 amide bonds. The molecule has 3 heteroatoms. The van der Waals surface area contributed by atoms with Crippen LogP contribution in [0.5, 0.6) is 11.5 Å². The second-order valence-electron chi connectivity index (χ2n) is 4.61. The number of aryl methyl sites for hydroxylation is 2. The van der Waals surface area contributed by atoms with Crippen LogP contribution < -0.4 is 10.1 Å². The zero-order valence-electron chi connectivity index (χ0n) is 11.5. The quantitative estimate of drug-likeness (QED) is 0.890. The largest absolute Gasteiger partial charge is 0.456 e. The third-order valence-corrected chi connectivity index (χ3v) is 3.51. The smallest absolute Gasteiger partial charge is 0.133 e. The van der Waals surface area contributed by atoms with Crippen molar-refractivity contribution in [2.75, 3.05) is 7.05 Å². The molecule has 0 atom stereocenters. The lowest BCUT2D eigenvalue weighted by Gasteiger charge is -2.15. The Hall–Kier alpha value is -1.32. The van der Waals surface area contributed by atoms with Gasteiger partial charge in [0.2, 0.25) is 0 Å². The zero-order valence-corrected chi connectivity index (χ0v) is 13.0. The summed E-state index contributed by atoms with van der Waals surface area (Å²) in [5.41, 5.74) is 3.44. The van der Waals surface area contributed by atoms with Gasteiger partial charge in [0.1, 0.15) is 11.5 Å². The summed E-state index contributed by atoms with van der Waals surface area (Å²) < 4.78 is 7.16.